The van der Waals surface area contributed by atoms with Gasteiger partial charge < -0.3 is 14.8 Å². The minimum atomic E-state index is -1.06. The summed E-state index contributed by atoms with van der Waals surface area (Å²) in [4.78, 5) is 32.8. The summed E-state index contributed by atoms with van der Waals surface area (Å²) in [7, 11) is 1.48. The summed E-state index contributed by atoms with van der Waals surface area (Å²) in [6.45, 7) is 0.256. The van der Waals surface area contributed by atoms with Crippen molar-refractivity contribution in [2.75, 3.05) is 12.0 Å². The molecule has 1 amide bonds. The molecular formula is C30H26N6O4S. The number of H-pyrrole nitrogens is 1. The number of tetrazole rings is 1. The SMILES string of the molecule is CO/N=C(\CCC(=O)N(Cc1ccc(-c2ccccc2-c2nnn[nH]2)cc1)c1cccc(C(=O)O)c1)c1cccs1. The number of amides is 1. The fourth-order valence-corrected chi connectivity index (χ4v) is 5.18. The van der Waals surface area contributed by atoms with E-state index in [9.17, 15) is 14.7 Å². The van der Waals surface area contributed by atoms with Crippen LogP contribution in [0.5, 0.6) is 0 Å². The first-order chi connectivity index (χ1) is 20.0. The second-order valence-electron chi connectivity index (χ2n) is 9.03. The van der Waals surface area contributed by atoms with Gasteiger partial charge in [-0.3, -0.25) is 4.79 Å². The monoisotopic (exact) mass is 566 g/mol. The van der Waals surface area contributed by atoms with E-state index in [0.29, 0.717) is 23.6 Å². The molecule has 2 heterocycles. The molecule has 0 aliphatic heterocycles. The molecule has 0 radical (unpaired) electrons. The molecule has 0 bridgehead atoms. The predicted octanol–water partition coefficient (Wildman–Crippen LogP) is 5.66. The Hall–Kier alpha value is -5.16. The summed E-state index contributed by atoms with van der Waals surface area (Å²) in [5.41, 5.74) is 4.96. The van der Waals surface area contributed by atoms with Gasteiger partial charge in [0.25, 0.3) is 0 Å². The molecule has 0 aliphatic carbocycles. The molecule has 0 spiro atoms. The highest BCUT2D eigenvalue weighted by molar-refractivity contribution is 7.12. The summed E-state index contributed by atoms with van der Waals surface area (Å²) in [6, 6.07) is 25.9. The maximum Gasteiger partial charge on any atom is 0.335 e. The summed E-state index contributed by atoms with van der Waals surface area (Å²) in [5.74, 6) is -0.657. The molecule has 3 aromatic carbocycles. The lowest BCUT2D eigenvalue weighted by Crippen LogP contribution is -2.31. The van der Waals surface area contributed by atoms with Crippen molar-refractivity contribution >= 4 is 34.6 Å². The largest absolute Gasteiger partial charge is 0.478 e. The van der Waals surface area contributed by atoms with Crippen LogP contribution in [0.25, 0.3) is 22.5 Å². The minimum Gasteiger partial charge on any atom is -0.478 e. The number of benzene rings is 3. The van der Waals surface area contributed by atoms with Gasteiger partial charge in [0.2, 0.25) is 5.91 Å². The van der Waals surface area contributed by atoms with Crippen LogP contribution in [-0.4, -0.2) is 50.4 Å². The first-order valence-corrected chi connectivity index (χ1v) is 13.6. The number of aromatic amines is 1. The van der Waals surface area contributed by atoms with Crippen LogP contribution < -0.4 is 4.90 Å². The van der Waals surface area contributed by atoms with Crippen molar-refractivity contribution in [1.82, 2.24) is 20.6 Å². The second kappa shape index (κ2) is 12.8. The van der Waals surface area contributed by atoms with Crippen LogP contribution >= 0.6 is 11.3 Å². The highest BCUT2D eigenvalue weighted by atomic mass is 32.1. The number of thiophene rings is 1. The number of aromatic carboxylic acids is 1. The van der Waals surface area contributed by atoms with E-state index in [2.05, 4.69) is 25.8 Å². The van der Waals surface area contributed by atoms with E-state index in [0.717, 1.165) is 27.1 Å². The minimum absolute atomic E-state index is 0.106. The van der Waals surface area contributed by atoms with Gasteiger partial charge in [-0.05, 0) is 56.8 Å². The quantitative estimate of drug-likeness (QED) is 0.156. The van der Waals surface area contributed by atoms with Gasteiger partial charge in [0.1, 0.15) is 7.11 Å². The highest BCUT2D eigenvalue weighted by Gasteiger charge is 2.20. The van der Waals surface area contributed by atoms with Crippen LogP contribution in [-0.2, 0) is 16.2 Å². The smallest absolute Gasteiger partial charge is 0.335 e. The number of oxime groups is 1. The third kappa shape index (κ3) is 6.53. The average molecular weight is 567 g/mol. The number of carboxylic acids is 1. The molecule has 5 aromatic rings. The molecule has 0 unspecified atom stereocenters. The molecule has 0 aliphatic rings. The molecule has 0 saturated heterocycles. The normalized spacial score (nSPS) is 11.3. The van der Waals surface area contributed by atoms with Crippen molar-refractivity contribution in [1.29, 1.82) is 0 Å². The molecule has 10 nitrogen and oxygen atoms in total. The van der Waals surface area contributed by atoms with Crippen molar-refractivity contribution in [3.8, 4) is 22.5 Å². The predicted molar refractivity (Wildman–Crippen MR) is 157 cm³/mol. The average Bonchev–Trinajstić information content (AvgIpc) is 3.74. The van der Waals surface area contributed by atoms with Gasteiger partial charge in [-0.15, -0.1) is 16.4 Å². The second-order valence-corrected chi connectivity index (χ2v) is 9.97. The fraction of sp³-hybridized carbons (Fsp3) is 0.133. The first-order valence-electron chi connectivity index (χ1n) is 12.7. The zero-order chi connectivity index (χ0) is 28.6. The van der Waals surface area contributed by atoms with Gasteiger partial charge in [-0.1, -0.05) is 65.8 Å². The molecule has 206 valence electrons. The third-order valence-electron chi connectivity index (χ3n) is 6.42. The van der Waals surface area contributed by atoms with Crippen molar-refractivity contribution in [2.24, 2.45) is 5.16 Å². The van der Waals surface area contributed by atoms with Crippen molar-refractivity contribution < 1.29 is 19.5 Å². The maximum atomic E-state index is 13.6. The molecule has 41 heavy (non-hydrogen) atoms. The number of carboxylic acid groups (broad SMARTS) is 1. The van der Waals surface area contributed by atoms with Gasteiger partial charge in [0.05, 0.1) is 22.7 Å². The van der Waals surface area contributed by atoms with Crippen LogP contribution in [0, 0.1) is 0 Å². The van der Waals surface area contributed by atoms with Gasteiger partial charge in [0.15, 0.2) is 5.82 Å². The van der Waals surface area contributed by atoms with Gasteiger partial charge >= 0.3 is 5.97 Å². The highest BCUT2D eigenvalue weighted by Crippen LogP contribution is 2.30. The van der Waals surface area contributed by atoms with E-state index in [4.69, 9.17) is 4.84 Å². The van der Waals surface area contributed by atoms with E-state index in [-0.39, 0.29) is 24.4 Å². The number of aromatic nitrogens is 4. The molecule has 5 rings (SSSR count). The number of hydrogen-bond donors (Lipinski definition) is 2. The third-order valence-corrected chi connectivity index (χ3v) is 7.34. The van der Waals surface area contributed by atoms with E-state index >= 15 is 0 Å². The van der Waals surface area contributed by atoms with E-state index < -0.39 is 5.97 Å². The zero-order valence-corrected chi connectivity index (χ0v) is 22.9. The van der Waals surface area contributed by atoms with Crippen LogP contribution in [0.15, 0.2) is 95.5 Å². The van der Waals surface area contributed by atoms with Crippen molar-refractivity contribution in [3.63, 3.8) is 0 Å². The fourth-order valence-electron chi connectivity index (χ4n) is 4.44. The zero-order valence-electron chi connectivity index (χ0n) is 22.1. The Bertz CT molecular complexity index is 1650. The van der Waals surface area contributed by atoms with Gasteiger partial charge in [-0.2, -0.15) is 0 Å². The summed E-state index contributed by atoms with van der Waals surface area (Å²) in [6.07, 6.45) is 0.530. The Morgan fingerprint density at radius 1 is 0.976 bits per heavy atom. The molecule has 0 atom stereocenters. The molecule has 0 saturated carbocycles. The number of nitrogens with zero attached hydrogens (tertiary/aromatic N) is 5. The van der Waals surface area contributed by atoms with Crippen molar-refractivity contribution in [2.45, 2.75) is 19.4 Å². The van der Waals surface area contributed by atoms with Crippen LogP contribution in [0.4, 0.5) is 5.69 Å². The summed E-state index contributed by atoms with van der Waals surface area (Å²) >= 11 is 1.52. The number of carbonyl (C=O) groups is 2. The van der Waals surface area contributed by atoms with Crippen LogP contribution in [0.2, 0.25) is 0 Å². The van der Waals surface area contributed by atoms with E-state index in [1.54, 1.807) is 17.0 Å². The Labute approximate surface area is 239 Å². The molecule has 2 aromatic heterocycles. The van der Waals surface area contributed by atoms with E-state index in [1.807, 2.05) is 66.0 Å². The van der Waals surface area contributed by atoms with Crippen LogP contribution in [0.3, 0.4) is 0 Å². The lowest BCUT2D eigenvalue weighted by atomic mass is 9.98. The van der Waals surface area contributed by atoms with Gasteiger partial charge in [0, 0.05) is 24.1 Å². The molecule has 11 heteroatoms. The molecule has 2 N–H and O–H groups in total. The van der Waals surface area contributed by atoms with Crippen LogP contribution in [0.1, 0.15) is 33.6 Å². The number of carbonyl (C=O) groups excluding carboxylic acids is 1. The number of anilines is 1. The topological polar surface area (TPSA) is 134 Å². The summed E-state index contributed by atoms with van der Waals surface area (Å²) < 4.78 is 0. The standard InChI is InChI=1S/C30H26N6O4S/c1-40-33-26(27-10-5-17-41-27)15-16-28(37)36(23-7-4-6-22(18-23)30(38)39)19-20-11-13-21(14-12-20)24-8-2-3-9-25(24)29-31-34-35-32-29/h2-14,17-18H,15-16,19H2,1H3,(H,38,39)(H,31,32,34,35)/b33-26+. The Balaban J connectivity index is 1.40. The number of rotatable bonds is 11. The Morgan fingerprint density at radius 3 is 2.46 bits per heavy atom. The Kier molecular flexibility index (Phi) is 8.55. The summed E-state index contributed by atoms with van der Waals surface area (Å²) in [5, 5.41) is 29.8. The number of hydrogen-bond acceptors (Lipinski definition) is 8. The Morgan fingerprint density at radius 2 is 1.78 bits per heavy atom. The maximum absolute atomic E-state index is 13.6. The van der Waals surface area contributed by atoms with Gasteiger partial charge in [-0.25, -0.2) is 9.89 Å². The lowest BCUT2D eigenvalue weighted by molar-refractivity contribution is -0.118. The molecular weight excluding hydrogens is 540 g/mol. The van der Waals surface area contributed by atoms with Crippen molar-refractivity contribution in [3.05, 3.63) is 106 Å². The molecule has 0 fully saturated rings. The first kappa shape index (κ1) is 27.4. The lowest BCUT2D eigenvalue weighted by Gasteiger charge is -2.24. The number of nitrogens with one attached hydrogen (secondary N) is 1. The van der Waals surface area contributed by atoms with E-state index in [1.165, 1.54) is 30.6 Å².